The Hall–Kier alpha value is -2.71. The number of carbonyl (C=O) groups excluding carboxylic acids is 3. The molecular formula is C24H30N4O3S. The second kappa shape index (κ2) is 9.42. The first-order valence-corrected chi connectivity index (χ1v) is 12.1. The van der Waals surface area contributed by atoms with Crippen molar-refractivity contribution in [3.63, 3.8) is 0 Å². The largest absolute Gasteiger partial charge is 0.344 e. The average molecular weight is 455 g/mol. The molecule has 1 aliphatic carbocycles. The number of amides is 4. The van der Waals surface area contributed by atoms with E-state index >= 15 is 0 Å². The van der Waals surface area contributed by atoms with Crippen LogP contribution in [0.15, 0.2) is 41.8 Å². The normalized spacial score (nSPS) is 18.8. The van der Waals surface area contributed by atoms with Crippen molar-refractivity contribution >= 4 is 29.2 Å². The van der Waals surface area contributed by atoms with E-state index in [1.807, 2.05) is 17.5 Å². The minimum absolute atomic E-state index is 0.0292. The van der Waals surface area contributed by atoms with Crippen LogP contribution in [0.4, 0.5) is 4.79 Å². The Morgan fingerprint density at radius 2 is 1.78 bits per heavy atom. The van der Waals surface area contributed by atoms with Crippen molar-refractivity contribution in [3.8, 4) is 0 Å². The predicted octanol–water partition coefficient (Wildman–Crippen LogP) is 3.84. The minimum Gasteiger partial charge on any atom is -0.322 e. The second-order valence-electron chi connectivity index (χ2n) is 8.90. The Bertz CT molecular complexity index is 966. The molecule has 3 N–H and O–H groups in total. The van der Waals surface area contributed by atoms with Gasteiger partial charge >= 0.3 is 6.03 Å². The fourth-order valence-corrected chi connectivity index (χ4v) is 5.31. The molecule has 2 aliphatic rings. The van der Waals surface area contributed by atoms with E-state index in [0.29, 0.717) is 18.8 Å². The molecule has 1 saturated heterocycles. The predicted molar refractivity (Wildman–Crippen MR) is 124 cm³/mol. The van der Waals surface area contributed by atoms with Crippen LogP contribution in [0, 0.1) is 0 Å². The molecule has 4 amide bonds. The lowest BCUT2D eigenvalue weighted by molar-refractivity contribution is -0.139. The molecule has 7 nitrogen and oxygen atoms in total. The van der Waals surface area contributed by atoms with Gasteiger partial charge in [0.25, 0.3) is 11.8 Å². The third-order valence-electron chi connectivity index (χ3n) is 6.34. The van der Waals surface area contributed by atoms with E-state index in [-0.39, 0.29) is 18.5 Å². The Morgan fingerprint density at radius 1 is 1.09 bits per heavy atom. The fourth-order valence-electron chi connectivity index (χ4n) is 4.49. The third kappa shape index (κ3) is 4.56. The number of hydrogen-bond acceptors (Lipinski definition) is 5. The molecule has 1 aliphatic heterocycles. The van der Waals surface area contributed by atoms with Gasteiger partial charge in [-0.3, -0.25) is 20.3 Å². The molecule has 8 heteroatoms. The van der Waals surface area contributed by atoms with Gasteiger partial charge in [0, 0.05) is 4.88 Å². The summed E-state index contributed by atoms with van der Waals surface area (Å²) in [6, 6.07) is 11.7. The van der Waals surface area contributed by atoms with Gasteiger partial charge in [-0.25, -0.2) is 4.79 Å². The molecule has 1 aromatic heterocycles. The maximum Gasteiger partial charge on any atom is 0.344 e. The molecule has 4 rings (SSSR count). The molecule has 1 spiro atoms. The number of nitrogens with one attached hydrogen (secondary N) is 3. The summed E-state index contributed by atoms with van der Waals surface area (Å²) >= 11 is 1.61. The number of hydrogen-bond donors (Lipinski definition) is 3. The summed E-state index contributed by atoms with van der Waals surface area (Å²) in [4.78, 5) is 39.0. The highest BCUT2D eigenvalue weighted by atomic mass is 32.1. The summed E-state index contributed by atoms with van der Waals surface area (Å²) in [5.74, 6) is -0.337. The zero-order valence-electron chi connectivity index (χ0n) is 18.5. The Balaban J connectivity index is 1.41. The highest BCUT2D eigenvalue weighted by Crippen LogP contribution is 2.33. The summed E-state index contributed by atoms with van der Waals surface area (Å²) in [7, 11) is 0. The molecule has 2 fully saturated rings. The van der Waals surface area contributed by atoms with E-state index in [4.69, 9.17) is 0 Å². The van der Waals surface area contributed by atoms with Gasteiger partial charge in [-0.2, -0.15) is 5.01 Å². The van der Waals surface area contributed by atoms with Gasteiger partial charge in [-0.15, -0.1) is 11.3 Å². The van der Waals surface area contributed by atoms with Crippen LogP contribution >= 0.6 is 11.3 Å². The molecule has 170 valence electrons. The standard InChI is InChI=1S/C24H30N4O3S/c1-16(2)17-8-10-18(11-9-17)21(19-7-6-14-32-19)25-15-20(29)27-28-22(30)24(26-23(28)31)12-4-3-5-13-24/h6-11,14,16,21,25H,3-5,12-13,15H2,1-2H3,(H,26,31)(H,27,29)/t21-/m1/s1. The molecule has 1 aromatic carbocycles. The van der Waals surface area contributed by atoms with Crippen molar-refractivity contribution in [3.05, 3.63) is 57.8 Å². The molecule has 2 heterocycles. The summed E-state index contributed by atoms with van der Waals surface area (Å²) in [6.07, 6.45) is 4.09. The van der Waals surface area contributed by atoms with E-state index in [0.717, 1.165) is 34.7 Å². The van der Waals surface area contributed by atoms with Gasteiger partial charge in [-0.1, -0.05) is 63.4 Å². The quantitative estimate of drug-likeness (QED) is 0.555. The number of rotatable bonds is 7. The SMILES string of the molecule is CC(C)c1ccc([C@@H](NCC(=O)NN2C(=O)NC3(CCCCC3)C2=O)c2cccs2)cc1. The molecule has 2 aromatic rings. The maximum absolute atomic E-state index is 12.9. The number of imide groups is 1. The van der Waals surface area contributed by atoms with Gasteiger partial charge in [0.1, 0.15) is 5.54 Å². The summed E-state index contributed by atoms with van der Waals surface area (Å²) in [6.45, 7) is 4.28. The van der Waals surface area contributed by atoms with Gasteiger partial charge < -0.3 is 5.32 Å². The van der Waals surface area contributed by atoms with Crippen LogP contribution in [0.3, 0.4) is 0 Å². The minimum atomic E-state index is -0.853. The maximum atomic E-state index is 12.9. The van der Waals surface area contributed by atoms with Gasteiger partial charge in [0.2, 0.25) is 0 Å². The van der Waals surface area contributed by atoms with E-state index in [2.05, 4.69) is 54.2 Å². The van der Waals surface area contributed by atoms with Crippen LogP contribution in [0.1, 0.15) is 73.9 Å². The van der Waals surface area contributed by atoms with E-state index in [1.165, 1.54) is 5.56 Å². The highest BCUT2D eigenvalue weighted by Gasteiger charge is 2.52. The van der Waals surface area contributed by atoms with Crippen molar-refractivity contribution in [1.29, 1.82) is 0 Å². The van der Waals surface area contributed by atoms with E-state index in [1.54, 1.807) is 11.3 Å². The number of nitrogens with zero attached hydrogens (tertiary/aromatic N) is 1. The Labute approximate surface area is 192 Å². The number of benzene rings is 1. The highest BCUT2D eigenvalue weighted by molar-refractivity contribution is 7.10. The summed E-state index contributed by atoms with van der Waals surface area (Å²) < 4.78 is 0. The lowest BCUT2D eigenvalue weighted by Crippen LogP contribution is -2.52. The monoisotopic (exact) mass is 454 g/mol. The van der Waals surface area contributed by atoms with E-state index < -0.39 is 17.5 Å². The van der Waals surface area contributed by atoms with Crippen LogP contribution < -0.4 is 16.1 Å². The zero-order chi connectivity index (χ0) is 22.7. The number of thiophene rings is 1. The van der Waals surface area contributed by atoms with Gasteiger partial charge in [-0.05, 0) is 41.3 Å². The number of urea groups is 1. The summed E-state index contributed by atoms with van der Waals surface area (Å²) in [5, 5.41) is 8.95. The average Bonchev–Trinajstić information content (AvgIpc) is 3.39. The third-order valence-corrected chi connectivity index (χ3v) is 7.27. The smallest absolute Gasteiger partial charge is 0.322 e. The fraction of sp³-hybridized carbons (Fsp3) is 0.458. The van der Waals surface area contributed by atoms with Crippen LogP contribution in [-0.2, 0) is 9.59 Å². The Morgan fingerprint density at radius 3 is 2.41 bits per heavy atom. The van der Waals surface area contributed by atoms with Gasteiger partial charge in [0.15, 0.2) is 0 Å². The van der Waals surface area contributed by atoms with Crippen molar-refractivity contribution in [2.75, 3.05) is 6.54 Å². The first-order valence-electron chi connectivity index (χ1n) is 11.2. The molecular weight excluding hydrogens is 424 g/mol. The number of hydrazine groups is 1. The molecule has 1 saturated carbocycles. The lowest BCUT2D eigenvalue weighted by atomic mass is 9.82. The topological polar surface area (TPSA) is 90.5 Å². The first kappa shape index (κ1) is 22.5. The van der Waals surface area contributed by atoms with Crippen LogP contribution in [0.5, 0.6) is 0 Å². The van der Waals surface area contributed by atoms with Gasteiger partial charge in [0.05, 0.1) is 12.6 Å². The molecule has 0 radical (unpaired) electrons. The second-order valence-corrected chi connectivity index (χ2v) is 9.88. The van der Waals surface area contributed by atoms with Crippen LogP contribution in [0.2, 0.25) is 0 Å². The van der Waals surface area contributed by atoms with E-state index in [9.17, 15) is 14.4 Å². The van der Waals surface area contributed by atoms with Crippen LogP contribution in [-0.4, -0.2) is 34.9 Å². The molecule has 1 atom stereocenters. The Kier molecular flexibility index (Phi) is 6.62. The number of carbonyl (C=O) groups is 3. The lowest BCUT2D eigenvalue weighted by Gasteiger charge is -2.30. The first-order chi connectivity index (χ1) is 15.4. The van der Waals surface area contributed by atoms with Crippen molar-refractivity contribution in [2.45, 2.75) is 63.5 Å². The molecule has 0 bridgehead atoms. The molecule has 32 heavy (non-hydrogen) atoms. The van der Waals surface area contributed by atoms with Crippen molar-refractivity contribution in [1.82, 2.24) is 21.1 Å². The van der Waals surface area contributed by atoms with Crippen molar-refractivity contribution in [2.24, 2.45) is 0 Å². The zero-order valence-corrected chi connectivity index (χ0v) is 19.3. The summed E-state index contributed by atoms with van der Waals surface area (Å²) in [5.41, 5.74) is 3.96. The van der Waals surface area contributed by atoms with Crippen molar-refractivity contribution < 1.29 is 14.4 Å². The van der Waals surface area contributed by atoms with Crippen LogP contribution in [0.25, 0.3) is 0 Å². The molecule has 0 unspecified atom stereocenters.